The molecule has 2 amide bonds. The molecule has 230 valence electrons. The van der Waals surface area contributed by atoms with Gasteiger partial charge in [0.05, 0.1) is 24.8 Å². The first-order valence-electron chi connectivity index (χ1n) is 14.3. The van der Waals surface area contributed by atoms with Gasteiger partial charge in [-0.2, -0.15) is 0 Å². The van der Waals surface area contributed by atoms with Crippen molar-refractivity contribution in [1.82, 2.24) is 10.2 Å². The predicted octanol–water partition coefficient (Wildman–Crippen LogP) is 5.42. The van der Waals surface area contributed by atoms with Gasteiger partial charge >= 0.3 is 0 Å². The van der Waals surface area contributed by atoms with Gasteiger partial charge in [0, 0.05) is 17.6 Å². The molecule has 0 bridgehead atoms. The normalized spacial score (nSPS) is 14.4. The molecule has 1 aliphatic rings. The topological polar surface area (TPSA) is 105 Å². The Kier molecular flexibility index (Phi) is 10.9. The zero-order valence-corrected chi connectivity index (χ0v) is 26.2. The van der Waals surface area contributed by atoms with Crippen LogP contribution in [0.25, 0.3) is 0 Å². The fraction of sp³-hybridized carbons (Fsp3) is 0.375. The molecule has 4 rings (SSSR count). The van der Waals surface area contributed by atoms with Gasteiger partial charge in [0.1, 0.15) is 24.1 Å². The van der Waals surface area contributed by atoms with E-state index in [1.807, 2.05) is 12.1 Å². The number of benzene rings is 3. The number of hydrogen-bond acceptors (Lipinski definition) is 6. The second-order valence-corrected chi connectivity index (χ2v) is 12.8. The van der Waals surface area contributed by atoms with Crippen LogP contribution in [0, 0.1) is 0 Å². The molecule has 0 spiro atoms. The Bertz CT molecular complexity index is 1500. The van der Waals surface area contributed by atoms with E-state index in [0.717, 1.165) is 42.0 Å². The SMILES string of the molecule is COc1ccc(CN(C(=O)CN(c2cc(Cl)ccc2OC)S(=O)(=O)c2ccccc2)C(C)C(=O)NC2CCCCC2)cc1. The van der Waals surface area contributed by atoms with Crippen LogP contribution >= 0.6 is 11.6 Å². The Balaban J connectivity index is 1.71. The second-order valence-electron chi connectivity index (χ2n) is 10.5. The monoisotopic (exact) mass is 627 g/mol. The Hall–Kier alpha value is -3.76. The number of amides is 2. The molecule has 1 unspecified atom stereocenters. The highest BCUT2D eigenvalue weighted by molar-refractivity contribution is 7.92. The maximum Gasteiger partial charge on any atom is 0.264 e. The van der Waals surface area contributed by atoms with E-state index in [0.29, 0.717) is 5.75 Å². The number of carbonyl (C=O) groups excluding carboxylic acids is 2. The van der Waals surface area contributed by atoms with Crippen molar-refractivity contribution in [3.63, 3.8) is 0 Å². The number of halogens is 1. The molecular formula is C32H38ClN3O6S. The quantitative estimate of drug-likeness (QED) is 0.288. The largest absolute Gasteiger partial charge is 0.497 e. The number of rotatable bonds is 12. The minimum atomic E-state index is -4.25. The molecule has 1 aliphatic carbocycles. The van der Waals surface area contributed by atoms with Crippen LogP contribution in [-0.4, -0.2) is 58.0 Å². The number of nitrogens with one attached hydrogen (secondary N) is 1. The van der Waals surface area contributed by atoms with Crippen LogP contribution in [0.5, 0.6) is 11.5 Å². The van der Waals surface area contributed by atoms with Crippen molar-refractivity contribution in [2.75, 3.05) is 25.1 Å². The number of methoxy groups -OCH3 is 2. The van der Waals surface area contributed by atoms with E-state index in [1.54, 1.807) is 56.5 Å². The lowest BCUT2D eigenvalue weighted by Crippen LogP contribution is -2.53. The summed E-state index contributed by atoms with van der Waals surface area (Å²) in [5.74, 6) is 0.0228. The zero-order chi connectivity index (χ0) is 31.0. The summed E-state index contributed by atoms with van der Waals surface area (Å²) in [5, 5.41) is 3.37. The maximum absolute atomic E-state index is 14.2. The Morgan fingerprint density at radius 1 is 0.953 bits per heavy atom. The highest BCUT2D eigenvalue weighted by atomic mass is 35.5. The molecule has 0 aliphatic heterocycles. The minimum absolute atomic E-state index is 0.00498. The molecule has 43 heavy (non-hydrogen) atoms. The van der Waals surface area contributed by atoms with Gasteiger partial charge in [-0.25, -0.2) is 8.42 Å². The first-order valence-corrected chi connectivity index (χ1v) is 16.1. The van der Waals surface area contributed by atoms with Gasteiger partial charge in [-0.15, -0.1) is 0 Å². The van der Waals surface area contributed by atoms with E-state index >= 15 is 0 Å². The summed E-state index contributed by atoms with van der Waals surface area (Å²) >= 11 is 6.29. The molecule has 9 nitrogen and oxygen atoms in total. The van der Waals surface area contributed by atoms with Gasteiger partial charge in [0.15, 0.2) is 0 Å². The van der Waals surface area contributed by atoms with Crippen molar-refractivity contribution in [3.05, 3.63) is 83.4 Å². The number of nitrogens with zero attached hydrogens (tertiary/aromatic N) is 2. The summed E-state index contributed by atoms with van der Waals surface area (Å²) < 4.78 is 39.8. The molecule has 1 N–H and O–H groups in total. The third-order valence-corrected chi connectivity index (χ3v) is 9.66. The van der Waals surface area contributed by atoms with E-state index < -0.39 is 28.5 Å². The fourth-order valence-electron chi connectivity index (χ4n) is 5.17. The molecule has 3 aromatic carbocycles. The van der Waals surface area contributed by atoms with Gasteiger partial charge in [0.25, 0.3) is 10.0 Å². The van der Waals surface area contributed by atoms with Crippen molar-refractivity contribution in [3.8, 4) is 11.5 Å². The van der Waals surface area contributed by atoms with Gasteiger partial charge in [-0.05, 0) is 67.8 Å². The molecule has 3 aromatic rings. The molecule has 0 aromatic heterocycles. The predicted molar refractivity (Wildman–Crippen MR) is 167 cm³/mol. The molecule has 0 heterocycles. The summed E-state index contributed by atoms with van der Waals surface area (Å²) in [5.41, 5.74) is 0.861. The molecule has 11 heteroatoms. The molecular weight excluding hydrogens is 590 g/mol. The van der Waals surface area contributed by atoms with Crippen LogP contribution in [0.3, 0.4) is 0 Å². The molecule has 1 saturated carbocycles. The smallest absolute Gasteiger partial charge is 0.264 e. The highest BCUT2D eigenvalue weighted by Gasteiger charge is 2.34. The van der Waals surface area contributed by atoms with Crippen molar-refractivity contribution in [2.45, 2.75) is 62.6 Å². The van der Waals surface area contributed by atoms with Gasteiger partial charge in [-0.1, -0.05) is 61.2 Å². The fourth-order valence-corrected chi connectivity index (χ4v) is 6.77. The summed E-state index contributed by atoms with van der Waals surface area (Å²) in [7, 11) is -1.28. The Labute approximate surface area is 258 Å². The Morgan fingerprint density at radius 3 is 2.26 bits per heavy atom. The number of carbonyl (C=O) groups is 2. The number of anilines is 1. The van der Waals surface area contributed by atoms with Crippen LogP contribution in [0.1, 0.15) is 44.6 Å². The van der Waals surface area contributed by atoms with Crippen LogP contribution in [0.15, 0.2) is 77.7 Å². The van der Waals surface area contributed by atoms with E-state index in [-0.39, 0.29) is 39.8 Å². The third kappa shape index (κ3) is 8.00. The lowest BCUT2D eigenvalue weighted by atomic mass is 9.95. The van der Waals surface area contributed by atoms with Crippen LogP contribution in [0.4, 0.5) is 5.69 Å². The molecule has 0 saturated heterocycles. The van der Waals surface area contributed by atoms with Gasteiger partial charge in [0.2, 0.25) is 11.8 Å². The first-order chi connectivity index (χ1) is 20.6. The average molecular weight is 628 g/mol. The van der Waals surface area contributed by atoms with Crippen molar-refractivity contribution in [2.24, 2.45) is 0 Å². The molecule has 1 fully saturated rings. The standard InChI is InChI=1S/C32H38ClN3O6S/c1-23(32(38)34-26-10-6-4-7-11-26)35(21-24-14-17-27(41-2)18-15-24)31(37)22-36(29-20-25(33)16-19-30(29)42-3)43(39,40)28-12-8-5-9-13-28/h5,8-9,12-20,23,26H,4,6-7,10-11,21-22H2,1-3H3,(H,34,38). The average Bonchev–Trinajstić information content (AvgIpc) is 3.03. The third-order valence-electron chi connectivity index (χ3n) is 7.65. The van der Waals surface area contributed by atoms with Crippen molar-refractivity contribution >= 4 is 39.1 Å². The highest BCUT2D eigenvalue weighted by Crippen LogP contribution is 2.35. The zero-order valence-electron chi connectivity index (χ0n) is 24.7. The van der Waals surface area contributed by atoms with Gasteiger partial charge < -0.3 is 19.7 Å². The number of hydrogen-bond donors (Lipinski definition) is 1. The van der Waals surface area contributed by atoms with Gasteiger partial charge in [-0.3, -0.25) is 13.9 Å². The lowest BCUT2D eigenvalue weighted by molar-refractivity contribution is -0.139. The maximum atomic E-state index is 14.2. The number of ether oxygens (including phenoxy) is 2. The minimum Gasteiger partial charge on any atom is -0.497 e. The van der Waals surface area contributed by atoms with Crippen LogP contribution in [0.2, 0.25) is 5.02 Å². The van der Waals surface area contributed by atoms with E-state index in [1.165, 1.54) is 30.2 Å². The summed E-state index contributed by atoms with van der Waals surface area (Å²) in [6.45, 7) is 1.15. The second kappa shape index (κ2) is 14.6. The van der Waals surface area contributed by atoms with Crippen molar-refractivity contribution in [1.29, 1.82) is 0 Å². The van der Waals surface area contributed by atoms with E-state index in [2.05, 4.69) is 5.32 Å². The summed E-state index contributed by atoms with van der Waals surface area (Å²) in [6.07, 6.45) is 5.01. The molecule has 0 radical (unpaired) electrons. The van der Waals surface area contributed by atoms with Crippen LogP contribution in [-0.2, 0) is 26.2 Å². The van der Waals surface area contributed by atoms with Crippen LogP contribution < -0.4 is 19.1 Å². The molecule has 1 atom stereocenters. The summed E-state index contributed by atoms with van der Waals surface area (Å²) in [6, 6.07) is 18.7. The van der Waals surface area contributed by atoms with Crippen molar-refractivity contribution < 1.29 is 27.5 Å². The Morgan fingerprint density at radius 2 is 1.63 bits per heavy atom. The number of sulfonamides is 1. The first kappa shape index (κ1) is 32.2. The summed E-state index contributed by atoms with van der Waals surface area (Å²) in [4.78, 5) is 29.1. The van der Waals surface area contributed by atoms with E-state index in [9.17, 15) is 18.0 Å². The lowest BCUT2D eigenvalue weighted by Gasteiger charge is -2.33. The van der Waals surface area contributed by atoms with E-state index in [4.69, 9.17) is 21.1 Å².